The smallest absolute Gasteiger partial charge is 0.269 e. The standard InChI is InChI=1S/C17H17FN2O3/c1-2-23-15-9-5-13(6-10-15)17(22)20-19-16(21)11-12-3-7-14(18)8-4-12/h3-10H,2,11H2,1H3,(H,19,21)(H,20,22). The van der Waals surface area contributed by atoms with Crippen LogP contribution in [0.1, 0.15) is 22.8 Å². The van der Waals surface area contributed by atoms with Gasteiger partial charge >= 0.3 is 0 Å². The van der Waals surface area contributed by atoms with Crippen molar-refractivity contribution in [2.75, 3.05) is 6.61 Å². The second-order valence-electron chi connectivity index (χ2n) is 4.76. The predicted octanol–water partition coefficient (Wildman–Crippen LogP) is 2.23. The number of nitrogens with one attached hydrogen (secondary N) is 2. The van der Waals surface area contributed by atoms with Gasteiger partial charge in [0.25, 0.3) is 5.91 Å². The van der Waals surface area contributed by atoms with Gasteiger partial charge in [-0.3, -0.25) is 20.4 Å². The highest BCUT2D eigenvalue weighted by Gasteiger charge is 2.08. The molecular weight excluding hydrogens is 299 g/mol. The first kappa shape index (κ1) is 16.5. The van der Waals surface area contributed by atoms with Gasteiger partial charge in [-0.1, -0.05) is 12.1 Å². The second-order valence-corrected chi connectivity index (χ2v) is 4.76. The van der Waals surface area contributed by atoms with Gasteiger partial charge in [-0.25, -0.2) is 4.39 Å². The van der Waals surface area contributed by atoms with Crippen molar-refractivity contribution in [1.29, 1.82) is 0 Å². The Morgan fingerprint density at radius 1 is 1.00 bits per heavy atom. The lowest BCUT2D eigenvalue weighted by atomic mass is 10.1. The number of carbonyl (C=O) groups is 2. The molecule has 23 heavy (non-hydrogen) atoms. The Balaban J connectivity index is 1.83. The van der Waals surface area contributed by atoms with Gasteiger partial charge in [0.05, 0.1) is 13.0 Å². The summed E-state index contributed by atoms with van der Waals surface area (Å²) in [4.78, 5) is 23.6. The number of halogens is 1. The van der Waals surface area contributed by atoms with Crippen LogP contribution in [0.15, 0.2) is 48.5 Å². The number of ether oxygens (including phenoxy) is 1. The van der Waals surface area contributed by atoms with Gasteiger partial charge < -0.3 is 4.74 Å². The van der Waals surface area contributed by atoms with Crippen LogP contribution in [0.4, 0.5) is 4.39 Å². The molecule has 0 spiro atoms. The lowest BCUT2D eigenvalue weighted by molar-refractivity contribution is -0.121. The summed E-state index contributed by atoms with van der Waals surface area (Å²) in [5.41, 5.74) is 5.70. The lowest BCUT2D eigenvalue weighted by Crippen LogP contribution is -2.42. The maximum atomic E-state index is 12.8. The molecule has 0 aliphatic heterocycles. The maximum Gasteiger partial charge on any atom is 0.269 e. The predicted molar refractivity (Wildman–Crippen MR) is 83.3 cm³/mol. The highest BCUT2D eigenvalue weighted by Crippen LogP contribution is 2.11. The van der Waals surface area contributed by atoms with E-state index in [1.54, 1.807) is 24.3 Å². The average Bonchev–Trinajstić information content (AvgIpc) is 2.56. The number of benzene rings is 2. The van der Waals surface area contributed by atoms with Crippen LogP contribution in [0.5, 0.6) is 5.75 Å². The van der Waals surface area contributed by atoms with E-state index in [0.717, 1.165) is 0 Å². The molecule has 0 unspecified atom stereocenters. The Bertz CT molecular complexity index is 669. The van der Waals surface area contributed by atoms with Crippen LogP contribution in [0, 0.1) is 5.82 Å². The summed E-state index contributed by atoms with van der Waals surface area (Å²) in [6.07, 6.45) is 0.0455. The van der Waals surface area contributed by atoms with E-state index in [-0.39, 0.29) is 12.2 Å². The van der Waals surface area contributed by atoms with Gasteiger partial charge in [-0.15, -0.1) is 0 Å². The fourth-order valence-corrected chi connectivity index (χ4v) is 1.90. The first-order valence-corrected chi connectivity index (χ1v) is 7.15. The third kappa shape index (κ3) is 5.10. The Kier molecular flexibility index (Phi) is 5.68. The van der Waals surface area contributed by atoms with Crippen LogP contribution in [-0.4, -0.2) is 18.4 Å². The molecular formula is C17H17FN2O3. The van der Waals surface area contributed by atoms with E-state index in [9.17, 15) is 14.0 Å². The van der Waals surface area contributed by atoms with Gasteiger partial charge in [0.2, 0.25) is 5.91 Å². The molecule has 0 bridgehead atoms. The van der Waals surface area contributed by atoms with Gasteiger partial charge in [0.1, 0.15) is 11.6 Å². The molecule has 0 radical (unpaired) electrons. The summed E-state index contributed by atoms with van der Waals surface area (Å²) < 4.78 is 18.1. The van der Waals surface area contributed by atoms with Gasteiger partial charge in [0.15, 0.2) is 0 Å². The highest BCUT2D eigenvalue weighted by molar-refractivity contribution is 5.95. The molecule has 2 rings (SSSR count). The fraction of sp³-hybridized carbons (Fsp3) is 0.176. The molecule has 0 aliphatic rings. The summed E-state index contributed by atoms with van der Waals surface area (Å²) in [7, 11) is 0. The fourth-order valence-electron chi connectivity index (χ4n) is 1.90. The number of amides is 2. The number of rotatable bonds is 5. The molecule has 6 heteroatoms. The van der Waals surface area contributed by atoms with Crippen molar-refractivity contribution in [3.05, 3.63) is 65.5 Å². The number of carbonyl (C=O) groups excluding carboxylic acids is 2. The first-order valence-electron chi connectivity index (χ1n) is 7.15. The van der Waals surface area contributed by atoms with E-state index < -0.39 is 11.8 Å². The zero-order chi connectivity index (χ0) is 16.7. The minimum Gasteiger partial charge on any atom is -0.494 e. The van der Waals surface area contributed by atoms with E-state index in [4.69, 9.17) is 4.74 Å². The lowest BCUT2D eigenvalue weighted by Gasteiger charge is -2.08. The number of hydrogen-bond donors (Lipinski definition) is 2. The van der Waals surface area contributed by atoms with Crippen molar-refractivity contribution in [3.63, 3.8) is 0 Å². The van der Waals surface area contributed by atoms with Gasteiger partial charge in [-0.2, -0.15) is 0 Å². The minimum absolute atomic E-state index is 0.0455. The van der Waals surface area contributed by atoms with Crippen LogP contribution in [0.25, 0.3) is 0 Å². The van der Waals surface area contributed by atoms with Crippen molar-refractivity contribution in [2.24, 2.45) is 0 Å². The summed E-state index contributed by atoms with van der Waals surface area (Å²) in [6.45, 7) is 2.42. The maximum absolute atomic E-state index is 12.8. The van der Waals surface area contributed by atoms with E-state index >= 15 is 0 Å². The molecule has 2 N–H and O–H groups in total. The quantitative estimate of drug-likeness (QED) is 0.831. The largest absolute Gasteiger partial charge is 0.494 e. The summed E-state index contributed by atoms with van der Waals surface area (Å²) in [5.74, 6) is -0.515. The molecule has 0 aromatic heterocycles. The van der Waals surface area contributed by atoms with Crippen molar-refractivity contribution in [2.45, 2.75) is 13.3 Å². The zero-order valence-electron chi connectivity index (χ0n) is 12.6. The third-order valence-corrected chi connectivity index (χ3v) is 3.02. The molecule has 2 aromatic carbocycles. The summed E-state index contributed by atoms with van der Waals surface area (Å²) in [6, 6.07) is 12.2. The second kappa shape index (κ2) is 7.93. The zero-order valence-corrected chi connectivity index (χ0v) is 12.6. The average molecular weight is 316 g/mol. The van der Waals surface area contributed by atoms with Crippen molar-refractivity contribution < 1.29 is 18.7 Å². The van der Waals surface area contributed by atoms with E-state index in [1.807, 2.05) is 6.92 Å². The molecule has 0 heterocycles. The number of hydrazine groups is 1. The van der Waals surface area contributed by atoms with Crippen LogP contribution in [0.2, 0.25) is 0 Å². The monoisotopic (exact) mass is 316 g/mol. The molecule has 5 nitrogen and oxygen atoms in total. The van der Waals surface area contributed by atoms with E-state index in [1.165, 1.54) is 24.3 Å². The van der Waals surface area contributed by atoms with Crippen LogP contribution >= 0.6 is 0 Å². The number of hydrogen-bond acceptors (Lipinski definition) is 3. The molecule has 120 valence electrons. The van der Waals surface area contributed by atoms with Gasteiger partial charge in [-0.05, 0) is 48.9 Å². The first-order chi connectivity index (χ1) is 11.1. The van der Waals surface area contributed by atoms with Crippen LogP contribution in [-0.2, 0) is 11.2 Å². The Hall–Kier alpha value is -2.89. The third-order valence-electron chi connectivity index (χ3n) is 3.02. The Morgan fingerprint density at radius 2 is 1.65 bits per heavy atom. The van der Waals surface area contributed by atoms with Crippen molar-refractivity contribution in [1.82, 2.24) is 10.9 Å². The highest BCUT2D eigenvalue weighted by atomic mass is 19.1. The topological polar surface area (TPSA) is 67.4 Å². The molecule has 0 atom stereocenters. The minimum atomic E-state index is -0.430. The van der Waals surface area contributed by atoms with E-state index in [0.29, 0.717) is 23.5 Å². The molecule has 2 amide bonds. The van der Waals surface area contributed by atoms with Gasteiger partial charge in [0, 0.05) is 5.56 Å². The SMILES string of the molecule is CCOc1ccc(C(=O)NNC(=O)Cc2ccc(F)cc2)cc1. The molecule has 0 saturated heterocycles. The van der Waals surface area contributed by atoms with Crippen LogP contribution < -0.4 is 15.6 Å². The Labute approximate surface area is 133 Å². The molecule has 0 saturated carbocycles. The normalized spacial score (nSPS) is 10.0. The van der Waals surface area contributed by atoms with Crippen molar-refractivity contribution >= 4 is 11.8 Å². The molecule has 0 fully saturated rings. The molecule has 2 aromatic rings. The summed E-state index contributed by atoms with van der Waals surface area (Å²) in [5, 5.41) is 0. The van der Waals surface area contributed by atoms with Crippen molar-refractivity contribution in [3.8, 4) is 5.75 Å². The molecule has 0 aliphatic carbocycles. The van der Waals surface area contributed by atoms with Crippen LogP contribution in [0.3, 0.4) is 0 Å². The van der Waals surface area contributed by atoms with E-state index in [2.05, 4.69) is 10.9 Å². The summed E-state index contributed by atoms with van der Waals surface area (Å²) >= 11 is 0. The Morgan fingerprint density at radius 3 is 2.26 bits per heavy atom.